The summed E-state index contributed by atoms with van der Waals surface area (Å²) in [7, 11) is -4.67. The van der Waals surface area contributed by atoms with Gasteiger partial charge in [0, 0.05) is 36.4 Å². The number of aliphatic hydroxyl groups is 3. The van der Waals surface area contributed by atoms with Crippen LogP contribution < -0.4 is 27.6 Å². The number of nitrogens with zero attached hydrogens (tertiary/aromatic N) is 2. The number of esters is 1. The van der Waals surface area contributed by atoms with Crippen molar-refractivity contribution in [3.05, 3.63) is 65.2 Å². The highest BCUT2D eigenvalue weighted by molar-refractivity contribution is 7.51. The molecule has 0 spiro atoms. The van der Waals surface area contributed by atoms with Crippen LogP contribution in [0.2, 0.25) is 0 Å². The molecule has 250 valence electrons. The number of aliphatic hydroxyl groups excluding tert-OH is 3. The zero-order valence-electron chi connectivity index (χ0n) is 24.6. The van der Waals surface area contributed by atoms with Crippen LogP contribution >= 0.6 is 7.75 Å². The predicted octanol–water partition coefficient (Wildman–Crippen LogP) is -2.34. The molecule has 45 heavy (non-hydrogen) atoms. The fourth-order valence-electron chi connectivity index (χ4n) is 4.83. The van der Waals surface area contributed by atoms with E-state index in [1.165, 1.54) is 33.2 Å². The van der Waals surface area contributed by atoms with E-state index in [0.717, 1.165) is 9.13 Å². The molecule has 2 aliphatic heterocycles. The average molecular weight is 662 g/mol. The maximum atomic E-state index is 14.1. The maximum absolute atomic E-state index is 14.1. The molecule has 6 N–H and O–H groups in total. The minimum atomic E-state index is -4.67. The monoisotopic (exact) mass is 661 g/mol. The molecule has 8 atom stereocenters. The number of rotatable bonds is 13. The van der Waals surface area contributed by atoms with Gasteiger partial charge in [-0.1, -0.05) is 0 Å². The molecule has 0 aromatic carbocycles. The standard InChI is InChI=1S/C25H36N5O14P/c1-4-40-23(36)14(9-31)28-45(39,41-11-18-15(33)5-19(43-18)29-7-12(2)21(34)26-24(29)37)44-16-6-20(42-17(16)10-32)30-8-13(3)22(35)27-25(30)38/h7-8,14-20,31-33H,4-6,9-11H2,1-3H3,(H,28,39)(H,26,34,37)(H,27,35,38)/t14-,15-,16-,17+,18+,19+,20+,45?/m0/s1. The van der Waals surface area contributed by atoms with Gasteiger partial charge in [0.1, 0.15) is 36.8 Å². The third kappa shape index (κ3) is 7.94. The van der Waals surface area contributed by atoms with Crippen LogP contribution in [0.3, 0.4) is 0 Å². The second-order valence-electron chi connectivity index (χ2n) is 10.5. The number of aryl methyl sites for hydroxylation is 2. The molecule has 0 aliphatic carbocycles. The molecule has 0 bridgehead atoms. The largest absolute Gasteiger partial charge is 0.465 e. The maximum Gasteiger partial charge on any atom is 0.406 e. The number of hydrogen-bond acceptors (Lipinski definition) is 14. The highest BCUT2D eigenvalue weighted by atomic mass is 31.2. The van der Waals surface area contributed by atoms with Crippen LogP contribution in [-0.2, 0) is 32.6 Å². The van der Waals surface area contributed by atoms with Gasteiger partial charge < -0.3 is 29.5 Å². The minimum Gasteiger partial charge on any atom is -0.465 e. The SMILES string of the molecule is CCOC(=O)[C@H](CO)NP(=O)(OC[C@H]1O[C@@H](n2cc(C)c(=O)[nH]c2=O)C[C@@H]1O)O[C@H]1C[C@H](n2cc(C)c(=O)[nH]c2=O)O[C@@H]1CO. The van der Waals surface area contributed by atoms with Crippen molar-refractivity contribution in [3.63, 3.8) is 0 Å². The topological polar surface area (TPSA) is 263 Å². The summed E-state index contributed by atoms with van der Waals surface area (Å²) in [4.78, 5) is 65.0. The normalized spacial score (nSPS) is 26.9. The fourth-order valence-corrected chi connectivity index (χ4v) is 6.52. The van der Waals surface area contributed by atoms with Crippen LogP contribution in [0.5, 0.6) is 0 Å². The quantitative estimate of drug-likeness (QED) is 0.0970. The number of H-pyrrole nitrogens is 2. The van der Waals surface area contributed by atoms with Crippen LogP contribution in [0, 0.1) is 13.8 Å². The van der Waals surface area contributed by atoms with Gasteiger partial charge in [-0.05, 0) is 20.8 Å². The summed E-state index contributed by atoms with van der Waals surface area (Å²) < 4.78 is 44.0. The van der Waals surface area contributed by atoms with Gasteiger partial charge in [-0.25, -0.2) is 19.2 Å². The number of hydrogen-bond donors (Lipinski definition) is 6. The van der Waals surface area contributed by atoms with E-state index in [9.17, 15) is 43.9 Å². The van der Waals surface area contributed by atoms with Gasteiger partial charge in [0.05, 0.1) is 32.5 Å². The molecule has 2 saturated heterocycles. The van der Waals surface area contributed by atoms with Crippen LogP contribution in [0.25, 0.3) is 0 Å². The average Bonchev–Trinajstić information content (AvgIpc) is 3.56. The third-order valence-electron chi connectivity index (χ3n) is 7.23. The first-order valence-electron chi connectivity index (χ1n) is 14.0. The molecule has 20 heteroatoms. The molecule has 4 rings (SSSR count). The Morgan fingerprint density at radius 1 is 1.02 bits per heavy atom. The first-order valence-corrected chi connectivity index (χ1v) is 15.6. The van der Waals surface area contributed by atoms with E-state index >= 15 is 0 Å². The number of carbonyl (C=O) groups excluding carboxylic acids is 1. The molecule has 0 amide bonds. The Kier molecular flexibility index (Phi) is 11.1. The van der Waals surface area contributed by atoms with E-state index < -0.39 is 98.9 Å². The van der Waals surface area contributed by atoms with Crippen molar-refractivity contribution in [2.24, 2.45) is 0 Å². The molecule has 2 aromatic heterocycles. The van der Waals surface area contributed by atoms with Crippen molar-refractivity contribution in [1.82, 2.24) is 24.2 Å². The Labute approximate surface area is 254 Å². The van der Waals surface area contributed by atoms with Crippen LogP contribution in [0.15, 0.2) is 31.6 Å². The molecule has 0 radical (unpaired) electrons. The third-order valence-corrected chi connectivity index (χ3v) is 8.89. The van der Waals surface area contributed by atoms with E-state index in [-0.39, 0.29) is 30.6 Å². The van der Waals surface area contributed by atoms with Gasteiger partial charge >= 0.3 is 25.1 Å². The van der Waals surface area contributed by atoms with Gasteiger partial charge in [0.15, 0.2) is 0 Å². The van der Waals surface area contributed by atoms with Gasteiger partial charge in [0.2, 0.25) is 0 Å². The minimum absolute atomic E-state index is 0.0613. The van der Waals surface area contributed by atoms with Crippen molar-refractivity contribution >= 4 is 13.7 Å². The Morgan fingerprint density at radius 2 is 1.58 bits per heavy atom. The van der Waals surface area contributed by atoms with Gasteiger partial charge in [-0.3, -0.25) is 42.5 Å². The molecule has 1 unspecified atom stereocenters. The lowest BCUT2D eigenvalue weighted by atomic mass is 10.2. The molecular weight excluding hydrogens is 625 g/mol. The summed E-state index contributed by atoms with van der Waals surface area (Å²) in [5.41, 5.74) is -2.34. The summed E-state index contributed by atoms with van der Waals surface area (Å²) in [6.07, 6.45) is -4.62. The van der Waals surface area contributed by atoms with Crippen molar-refractivity contribution in [3.8, 4) is 0 Å². The summed E-state index contributed by atoms with van der Waals surface area (Å²) in [5, 5.41) is 32.8. The lowest BCUT2D eigenvalue weighted by Crippen LogP contribution is -2.42. The molecule has 2 fully saturated rings. The molecule has 2 aliphatic rings. The number of aromatic amines is 2. The smallest absolute Gasteiger partial charge is 0.406 e. The van der Waals surface area contributed by atoms with Crippen molar-refractivity contribution in [2.75, 3.05) is 26.4 Å². The highest BCUT2D eigenvalue weighted by Crippen LogP contribution is 2.49. The Bertz CT molecular complexity index is 1650. The Hall–Kier alpha value is -3.26. The highest BCUT2D eigenvalue weighted by Gasteiger charge is 2.45. The molecular formula is C25H36N5O14P. The van der Waals surface area contributed by atoms with Crippen molar-refractivity contribution < 1.29 is 47.9 Å². The van der Waals surface area contributed by atoms with E-state index in [1.54, 1.807) is 0 Å². The van der Waals surface area contributed by atoms with Crippen LogP contribution in [-0.4, -0.2) is 97.3 Å². The van der Waals surface area contributed by atoms with Gasteiger partial charge in [-0.2, -0.15) is 0 Å². The lowest BCUT2D eigenvalue weighted by Gasteiger charge is -2.28. The second kappa shape index (κ2) is 14.4. The van der Waals surface area contributed by atoms with Crippen LogP contribution in [0.1, 0.15) is 43.3 Å². The molecule has 2 aromatic rings. The summed E-state index contributed by atoms with van der Waals surface area (Å²) in [6.45, 7) is 2.26. The van der Waals surface area contributed by atoms with Gasteiger partial charge in [0.25, 0.3) is 11.1 Å². The number of nitrogens with one attached hydrogen (secondary N) is 3. The second-order valence-corrected chi connectivity index (χ2v) is 12.2. The summed E-state index contributed by atoms with van der Waals surface area (Å²) >= 11 is 0. The number of ether oxygens (including phenoxy) is 3. The molecule has 4 heterocycles. The van der Waals surface area contributed by atoms with E-state index in [2.05, 4.69) is 15.1 Å². The van der Waals surface area contributed by atoms with Crippen molar-refractivity contribution in [2.45, 2.75) is 76.5 Å². The Morgan fingerprint density at radius 3 is 2.11 bits per heavy atom. The van der Waals surface area contributed by atoms with Crippen molar-refractivity contribution in [1.29, 1.82) is 0 Å². The zero-order valence-corrected chi connectivity index (χ0v) is 25.5. The fraction of sp³-hybridized carbons (Fsp3) is 0.640. The first-order chi connectivity index (χ1) is 21.3. The van der Waals surface area contributed by atoms with E-state index in [1.807, 2.05) is 0 Å². The van der Waals surface area contributed by atoms with E-state index in [0.29, 0.717) is 0 Å². The summed E-state index contributed by atoms with van der Waals surface area (Å²) in [6, 6.07) is -1.59. The number of carbonyl (C=O) groups is 1. The predicted molar refractivity (Wildman–Crippen MR) is 151 cm³/mol. The summed E-state index contributed by atoms with van der Waals surface area (Å²) in [5.74, 6) is -0.980. The Balaban J connectivity index is 1.55. The van der Waals surface area contributed by atoms with Crippen LogP contribution in [0.4, 0.5) is 0 Å². The molecule has 19 nitrogen and oxygen atoms in total. The molecule has 0 saturated carbocycles. The lowest BCUT2D eigenvalue weighted by molar-refractivity contribution is -0.146. The number of aromatic nitrogens is 4. The van der Waals surface area contributed by atoms with Gasteiger partial charge in [-0.15, -0.1) is 0 Å². The van der Waals surface area contributed by atoms with E-state index in [4.69, 9.17) is 23.3 Å². The zero-order chi connectivity index (χ0) is 33.1. The first kappa shape index (κ1) is 34.6.